The lowest BCUT2D eigenvalue weighted by molar-refractivity contribution is 0.503. The van der Waals surface area contributed by atoms with Crippen molar-refractivity contribution in [3.05, 3.63) is 72.7 Å². The molecule has 136 valence electrons. The molecule has 3 N–H and O–H groups in total. The zero-order valence-corrected chi connectivity index (χ0v) is 15.1. The molecule has 7 nitrogen and oxygen atoms in total. The summed E-state index contributed by atoms with van der Waals surface area (Å²) in [6.07, 6.45) is 4.73. The predicted molar refractivity (Wildman–Crippen MR) is 104 cm³/mol. The summed E-state index contributed by atoms with van der Waals surface area (Å²) in [4.78, 5) is 17.6. The van der Waals surface area contributed by atoms with Gasteiger partial charge in [0.2, 0.25) is 0 Å². The van der Waals surface area contributed by atoms with Crippen LogP contribution in [0.25, 0.3) is 22.3 Å². The van der Waals surface area contributed by atoms with Gasteiger partial charge in [-0.3, -0.25) is 10.3 Å². The lowest BCUT2D eigenvalue weighted by Gasteiger charge is -2.13. The molecule has 0 aliphatic rings. The van der Waals surface area contributed by atoms with Gasteiger partial charge in [0.1, 0.15) is 12.0 Å². The molecular formula is C20H21N7. The number of aromatic nitrogens is 5. The second-order valence-electron chi connectivity index (χ2n) is 6.16. The van der Waals surface area contributed by atoms with Crippen molar-refractivity contribution in [3.63, 3.8) is 0 Å². The van der Waals surface area contributed by atoms with Crippen molar-refractivity contribution in [3.8, 4) is 11.3 Å². The third kappa shape index (κ3) is 3.55. The number of hydrogen-bond donors (Lipinski definition) is 2. The van der Waals surface area contributed by atoms with Crippen LogP contribution in [-0.4, -0.2) is 24.5 Å². The van der Waals surface area contributed by atoms with E-state index in [1.54, 1.807) is 24.7 Å². The first-order valence-electron chi connectivity index (χ1n) is 8.92. The predicted octanol–water partition coefficient (Wildman–Crippen LogP) is 2.66. The number of imidazole rings is 1. The van der Waals surface area contributed by atoms with E-state index in [-0.39, 0.29) is 0 Å². The van der Waals surface area contributed by atoms with Gasteiger partial charge in [-0.1, -0.05) is 12.1 Å². The normalized spacial score (nSPS) is 12.4. The van der Waals surface area contributed by atoms with Crippen molar-refractivity contribution in [1.82, 2.24) is 29.8 Å². The summed E-state index contributed by atoms with van der Waals surface area (Å²) in [6.45, 7) is 3.45. The average molecular weight is 359 g/mol. The van der Waals surface area contributed by atoms with Gasteiger partial charge in [0.05, 0.1) is 23.3 Å². The van der Waals surface area contributed by atoms with Gasteiger partial charge in [-0.25, -0.2) is 15.0 Å². The molecule has 1 aromatic carbocycles. The number of benzene rings is 1. The molecule has 1 unspecified atom stereocenters. The quantitative estimate of drug-likeness (QED) is 0.514. The number of hydrogen-bond acceptors (Lipinski definition) is 6. The minimum absolute atomic E-state index is 0.444. The fourth-order valence-electron chi connectivity index (χ4n) is 3.12. The third-order valence-electron chi connectivity index (χ3n) is 4.45. The highest BCUT2D eigenvalue weighted by molar-refractivity contribution is 5.82. The van der Waals surface area contributed by atoms with Gasteiger partial charge in [0.25, 0.3) is 0 Å². The fraction of sp³-hybridized carbons (Fsp3) is 0.200. The molecule has 0 saturated heterocycles. The highest BCUT2D eigenvalue weighted by atomic mass is 15.1. The second kappa shape index (κ2) is 7.61. The molecule has 0 aliphatic heterocycles. The van der Waals surface area contributed by atoms with Crippen LogP contribution >= 0.6 is 0 Å². The molecule has 0 aliphatic carbocycles. The van der Waals surface area contributed by atoms with E-state index in [9.17, 15) is 0 Å². The lowest BCUT2D eigenvalue weighted by Crippen LogP contribution is -2.30. The monoisotopic (exact) mass is 359 g/mol. The molecule has 0 spiro atoms. The van der Waals surface area contributed by atoms with Crippen molar-refractivity contribution < 1.29 is 0 Å². The Hall–Kier alpha value is -3.16. The van der Waals surface area contributed by atoms with E-state index in [4.69, 9.17) is 10.7 Å². The number of rotatable bonds is 6. The molecule has 0 radical (unpaired) electrons. The topological polar surface area (TPSA) is 94.5 Å². The van der Waals surface area contributed by atoms with Crippen LogP contribution in [0.5, 0.6) is 0 Å². The molecule has 0 bridgehead atoms. The van der Waals surface area contributed by atoms with E-state index in [1.807, 2.05) is 24.3 Å². The molecule has 0 amide bonds. The van der Waals surface area contributed by atoms with Crippen LogP contribution in [-0.2, 0) is 13.1 Å². The summed E-state index contributed by atoms with van der Waals surface area (Å²) in [6, 6.07) is 13.9. The Labute approximate surface area is 157 Å². The molecule has 0 saturated carbocycles. The number of aryl methyl sites for hydroxylation is 1. The van der Waals surface area contributed by atoms with Crippen LogP contribution in [0.1, 0.15) is 24.7 Å². The standard InChI is InChI=1S/C20H21N7/c1-2-27-17-12-14(15-6-3-4-9-22-15)7-8-16(17)26-18(27)13-25-19(21)20-23-10-5-11-24-20/h3-12,19,25H,2,13,21H2,1H3. The molecule has 4 rings (SSSR count). The summed E-state index contributed by atoms with van der Waals surface area (Å²) >= 11 is 0. The van der Waals surface area contributed by atoms with Crippen LogP contribution in [0.15, 0.2) is 61.1 Å². The Morgan fingerprint density at radius 2 is 1.85 bits per heavy atom. The number of fused-ring (bicyclic) bond motifs is 1. The molecule has 3 aromatic heterocycles. The molecule has 1 atom stereocenters. The van der Waals surface area contributed by atoms with E-state index < -0.39 is 6.17 Å². The van der Waals surface area contributed by atoms with Gasteiger partial charge in [-0.05, 0) is 37.3 Å². The van der Waals surface area contributed by atoms with Crippen molar-refractivity contribution in [2.45, 2.75) is 26.2 Å². The van der Waals surface area contributed by atoms with Crippen molar-refractivity contribution >= 4 is 11.0 Å². The zero-order valence-electron chi connectivity index (χ0n) is 15.1. The summed E-state index contributed by atoms with van der Waals surface area (Å²) in [5, 5.41) is 3.25. The Morgan fingerprint density at radius 1 is 1.04 bits per heavy atom. The van der Waals surface area contributed by atoms with Gasteiger partial charge < -0.3 is 10.3 Å². The van der Waals surface area contributed by atoms with Crippen LogP contribution in [0.2, 0.25) is 0 Å². The summed E-state index contributed by atoms with van der Waals surface area (Å²) in [5.74, 6) is 1.49. The van der Waals surface area contributed by atoms with E-state index in [0.717, 1.165) is 34.7 Å². The van der Waals surface area contributed by atoms with Gasteiger partial charge in [0.15, 0.2) is 5.82 Å². The van der Waals surface area contributed by atoms with E-state index >= 15 is 0 Å². The molecule has 7 heteroatoms. The number of nitrogens with one attached hydrogen (secondary N) is 1. The minimum Gasteiger partial charge on any atom is -0.327 e. The smallest absolute Gasteiger partial charge is 0.159 e. The van der Waals surface area contributed by atoms with E-state index in [0.29, 0.717) is 12.4 Å². The maximum atomic E-state index is 6.15. The minimum atomic E-state index is -0.444. The lowest BCUT2D eigenvalue weighted by atomic mass is 10.1. The first-order valence-corrected chi connectivity index (χ1v) is 8.92. The zero-order chi connectivity index (χ0) is 18.6. The average Bonchev–Trinajstić information content (AvgIpc) is 3.10. The summed E-state index contributed by atoms with van der Waals surface area (Å²) < 4.78 is 2.19. The van der Waals surface area contributed by atoms with Crippen LogP contribution in [0.3, 0.4) is 0 Å². The van der Waals surface area contributed by atoms with Crippen molar-refractivity contribution in [2.75, 3.05) is 0 Å². The summed E-state index contributed by atoms with van der Waals surface area (Å²) in [5.41, 5.74) is 10.2. The van der Waals surface area contributed by atoms with Crippen molar-refractivity contribution in [1.29, 1.82) is 0 Å². The first-order chi connectivity index (χ1) is 13.3. The molecule has 27 heavy (non-hydrogen) atoms. The summed E-state index contributed by atoms with van der Waals surface area (Å²) in [7, 11) is 0. The van der Waals surface area contributed by atoms with Crippen LogP contribution < -0.4 is 11.1 Å². The van der Waals surface area contributed by atoms with Crippen LogP contribution in [0, 0.1) is 0 Å². The Kier molecular flexibility index (Phi) is 4.86. The van der Waals surface area contributed by atoms with E-state index in [2.05, 4.69) is 43.9 Å². The Balaban J connectivity index is 1.61. The molecule has 3 heterocycles. The largest absolute Gasteiger partial charge is 0.327 e. The fourth-order valence-corrected chi connectivity index (χ4v) is 3.12. The molecular weight excluding hydrogens is 338 g/mol. The van der Waals surface area contributed by atoms with Crippen molar-refractivity contribution in [2.24, 2.45) is 5.73 Å². The molecule has 0 fully saturated rings. The van der Waals surface area contributed by atoms with E-state index in [1.165, 1.54) is 0 Å². The van der Waals surface area contributed by atoms with Crippen LogP contribution in [0.4, 0.5) is 0 Å². The Morgan fingerprint density at radius 3 is 2.59 bits per heavy atom. The maximum absolute atomic E-state index is 6.15. The SMILES string of the molecule is CCn1c(CNC(N)c2ncccn2)nc2ccc(-c3ccccn3)cc21. The number of nitrogens with two attached hydrogens (primary N) is 1. The second-order valence-corrected chi connectivity index (χ2v) is 6.16. The highest BCUT2D eigenvalue weighted by Gasteiger charge is 2.13. The third-order valence-corrected chi connectivity index (χ3v) is 4.45. The van der Waals surface area contributed by atoms with Gasteiger partial charge in [0, 0.05) is 30.7 Å². The van der Waals surface area contributed by atoms with Gasteiger partial charge in [-0.2, -0.15) is 0 Å². The number of pyridine rings is 1. The highest BCUT2D eigenvalue weighted by Crippen LogP contribution is 2.24. The maximum Gasteiger partial charge on any atom is 0.159 e. The Bertz CT molecular complexity index is 1030. The molecule has 4 aromatic rings. The number of nitrogens with zero attached hydrogens (tertiary/aromatic N) is 5. The van der Waals surface area contributed by atoms with Gasteiger partial charge in [-0.15, -0.1) is 0 Å². The first kappa shape index (κ1) is 17.3. The van der Waals surface area contributed by atoms with Gasteiger partial charge >= 0.3 is 0 Å².